The van der Waals surface area contributed by atoms with Crippen LogP contribution in [-0.2, 0) is 0 Å². The van der Waals surface area contributed by atoms with E-state index in [2.05, 4.69) is 5.32 Å². The maximum absolute atomic E-state index is 11.2. The van der Waals surface area contributed by atoms with Gasteiger partial charge in [0.15, 0.2) is 0 Å². The molecule has 2 heterocycles. The molecule has 0 atom stereocenters. The van der Waals surface area contributed by atoms with Crippen LogP contribution in [0.3, 0.4) is 0 Å². The van der Waals surface area contributed by atoms with Crippen LogP contribution in [0.15, 0.2) is 39.7 Å². The van der Waals surface area contributed by atoms with Gasteiger partial charge in [0.1, 0.15) is 16.5 Å². The quantitative estimate of drug-likeness (QED) is 0.580. The van der Waals surface area contributed by atoms with E-state index in [4.69, 9.17) is 39.8 Å². The molecule has 0 unspecified atom stereocenters. The predicted octanol–water partition coefficient (Wildman–Crippen LogP) is 5.38. The Morgan fingerprint density at radius 1 is 1.19 bits per heavy atom. The Kier molecular flexibility index (Phi) is 4.08. The van der Waals surface area contributed by atoms with Gasteiger partial charge in [-0.25, -0.2) is 0 Å². The molecule has 3 rings (SSSR count). The maximum atomic E-state index is 11.2. The summed E-state index contributed by atoms with van der Waals surface area (Å²) >= 11 is 18.4. The molecule has 1 aromatic heterocycles. The van der Waals surface area contributed by atoms with Crippen LogP contribution in [0.5, 0.6) is 0 Å². The second kappa shape index (κ2) is 5.85. The molecule has 0 radical (unpaired) electrons. The molecule has 2 aromatic rings. The number of hydrogen-bond donors (Lipinski definition) is 1. The van der Waals surface area contributed by atoms with Crippen molar-refractivity contribution in [2.24, 2.45) is 0 Å². The third-order valence-corrected chi connectivity index (χ3v) is 4.66. The average molecular weight is 356 g/mol. The van der Waals surface area contributed by atoms with Crippen molar-refractivity contribution in [1.29, 1.82) is 0 Å². The van der Waals surface area contributed by atoms with Gasteiger partial charge in [-0.1, -0.05) is 41.5 Å². The summed E-state index contributed by atoms with van der Waals surface area (Å²) in [5.74, 6) is 1.13. The molecule has 0 saturated carbocycles. The Morgan fingerprint density at radius 2 is 1.90 bits per heavy atom. The standard InChI is InChI=1S/C14H7Cl2NO2S2/c15-8-2-1-3-9(16)12(8)10-5-4-7(19-10)6-11-13(20)17-14(18)21-11/h1-6H,(H,17,18,20). The number of amides is 1. The van der Waals surface area contributed by atoms with E-state index in [9.17, 15) is 4.79 Å². The third kappa shape index (κ3) is 3.01. The SMILES string of the molecule is O=C1NC(=S)C(=Cc2ccc(-c3c(Cl)cccc3Cl)o2)S1. The van der Waals surface area contributed by atoms with Crippen molar-refractivity contribution in [3.05, 3.63) is 51.0 Å². The number of furan rings is 1. The second-order valence-corrected chi connectivity index (χ2v) is 6.39. The highest BCUT2D eigenvalue weighted by molar-refractivity contribution is 8.19. The lowest BCUT2D eigenvalue weighted by atomic mass is 10.2. The summed E-state index contributed by atoms with van der Waals surface area (Å²) in [7, 11) is 0. The van der Waals surface area contributed by atoms with Gasteiger partial charge in [-0.05, 0) is 42.1 Å². The molecule has 1 fully saturated rings. The van der Waals surface area contributed by atoms with Crippen LogP contribution in [0.1, 0.15) is 5.76 Å². The summed E-state index contributed by atoms with van der Waals surface area (Å²) in [4.78, 5) is 12.3. The zero-order valence-electron chi connectivity index (χ0n) is 10.4. The highest BCUT2D eigenvalue weighted by atomic mass is 35.5. The maximum Gasteiger partial charge on any atom is 0.289 e. The first-order valence-electron chi connectivity index (χ1n) is 5.83. The Labute approximate surface area is 140 Å². The molecular formula is C14H7Cl2NO2S2. The van der Waals surface area contributed by atoms with Gasteiger partial charge in [0.25, 0.3) is 5.24 Å². The van der Waals surface area contributed by atoms with Crippen molar-refractivity contribution in [2.45, 2.75) is 0 Å². The molecule has 7 heteroatoms. The van der Waals surface area contributed by atoms with Crippen LogP contribution >= 0.6 is 47.2 Å². The molecule has 106 valence electrons. The molecule has 1 saturated heterocycles. The average Bonchev–Trinajstić information content (AvgIpc) is 2.97. The molecule has 0 bridgehead atoms. The Morgan fingerprint density at radius 3 is 2.52 bits per heavy atom. The number of halogens is 2. The second-order valence-electron chi connectivity index (χ2n) is 4.15. The minimum absolute atomic E-state index is 0.188. The third-order valence-electron chi connectivity index (χ3n) is 2.75. The van der Waals surface area contributed by atoms with Crippen LogP contribution in [-0.4, -0.2) is 10.2 Å². The first kappa shape index (κ1) is 14.7. The van der Waals surface area contributed by atoms with Gasteiger partial charge in [0.05, 0.1) is 20.5 Å². The summed E-state index contributed by atoms with van der Waals surface area (Å²) in [6.45, 7) is 0. The highest BCUT2D eigenvalue weighted by Gasteiger charge is 2.22. The molecule has 0 spiro atoms. The summed E-state index contributed by atoms with van der Waals surface area (Å²) in [6, 6.07) is 8.80. The van der Waals surface area contributed by atoms with Gasteiger partial charge >= 0.3 is 0 Å². The number of hydrogen-bond acceptors (Lipinski definition) is 4. The molecule has 1 aliphatic rings. The van der Waals surface area contributed by atoms with E-state index in [0.29, 0.717) is 37.0 Å². The fourth-order valence-electron chi connectivity index (χ4n) is 1.85. The number of benzene rings is 1. The van der Waals surface area contributed by atoms with E-state index in [1.807, 2.05) is 0 Å². The van der Waals surface area contributed by atoms with E-state index < -0.39 is 0 Å². The van der Waals surface area contributed by atoms with E-state index in [1.54, 1.807) is 36.4 Å². The van der Waals surface area contributed by atoms with Gasteiger partial charge in [-0.15, -0.1) is 0 Å². The van der Waals surface area contributed by atoms with E-state index >= 15 is 0 Å². The Balaban J connectivity index is 1.96. The molecule has 21 heavy (non-hydrogen) atoms. The molecule has 0 aliphatic carbocycles. The highest BCUT2D eigenvalue weighted by Crippen LogP contribution is 2.36. The van der Waals surface area contributed by atoms with Crippen LogP contribution in [0.2, 0.25) is 10.0 Å². The molecule has 3 nitrogen and oxygen atoms in total. The summed E-state index contributed by atoms with van der Waals surface area (Å²) in [5, 5.41) is 3.38. The monoisotopic (exact) mass is 355 g/mol. The Bertz CT molecular complexity index is 763. The summed E-state index contributed by atoms with van der Waals surface area (Å²) < 4.78 is 5.72. The fourth-order valence-corrected chi connectivity index (χ4v) is 3.44. The lowest BCUT2D eigenvalue weighted by molar-refractivity contribution is 0.265. The van der Waals surface area contributed by atoms with E-state index in [0.717, 1.165) is 11.8 Å². The zero-order chi connectivity index (χ0) is 15.0. The minimum Gasteiger partial charge on any atom is -0.457 e. The van der Waals surface area contributed by atoms with Crippen LogP contribution < -0.4 is 5.32 Å². The number of thiocarbonyl (C=S) groups is 1. The van der Waals surface area contributed by atoms with Crippen molar-refractivity contribution >= 4 is 63.5 Å². The fraction of sp³-hybridized carbons (Fsp3) is 0. The largest absolute Gasteiger partial charge is 0.457 e. The first-order chi connectivity index (χ1) is 10.0. The number of rotatable bonds is 2. The molecule has 1 aromatic carbocycles. The van der Waals surface area contributed by atoms with Gasteiger partial charge in [0, 0.05) is 0 Å². The number of thioether (sulfide) groups is 1. The Hall–Kier alpha value is -1.27. The van der Waals surface area contributed by atoms with Gasteiger partial charge in [0.2, 0.25) is 0 Å². The van der Waals surface area contributed by atoms with Crippen molar-refractivity contribution in [3.63, 3.8) is 0 Å². The lowest BCUT2D eigenvalue weighted by Gasteiger charge is -2.02. The van der Waals surface area contributed by atoms with E-state index in [1.165, 1.54) is 0 Å². The van der Waals surface area contributed by atoms with Crippen LogP contribution in [0, 0.1) is 0 Å². The number of carbonyl (C=O) groups is 1. The van der Waals surface area contributed by atoms with Gasteiger partial charge in [-0.2, -0.15) is 0 Å². The summed E-state index contributed by atoms with van der Waals surface area (Å²) in [6.07, 6.45) is 1.71. The van der Waals surface area contributed by atoms with Crippen LogP contribution in [0.4, 0.5) is 4.79 Å². The molecular weight excluding hydrogens is 349 g/mol. The summed E-state index contributed by atoms with van der Waals surface area (Å²) in [5.41, 5.74) is 0.640. The topological polar surface area (TPSA) is 42.2 Å². The van der Waals surface area contributed by atoms with Crippen molar-refractivity contribution in [3.8, 4) is 11.3 Å². The number of carbonyl (C=O) groups excluding carboxylic acids is 1. The smallest absolute Gasteiger partial charge is 0.289 e. The van der Waals surface area contributed by atoms with Gasteiger partial charge in [-0.3, -0.25) is 4.79 Å². The zero-order valence-corrected chi connectivity index (χ0v) is 13.5. The van der Waals surface area contributed by atoms with Crippen LogP contribution in [0.25, 0.3) is 17.4 Å². The normalized spacial score (nSPS) is 16.6. The lowest BCUT2D eigenvalue weighted by Crippen LogP contribution is -2.15. The molecule has 1 amide bonds. The predicted molar refractivity (Wildman–Crippen MR) is 90.9 cm³/mol. The minimum atomic E-state index is -0.188. The number of nitrogens with one attached hydrogen (secondary N) is 1. The molecule has 1 aliphatic heterocycles. The van der Waals surface area contributed by atoms with E-state index in [-0.39, 0.29) is 5.24 Å². The first-order valence-corrected chi connectivity index (χ1v) is 7.82. The van der Waals surface area contributed by atoms with Crippen molar-refractivity contribution < 1.29 is 9.21 Å². The van der Waals surface area contributed by atoms with Crippen molar-refractivity contribution in [2.75, 3.05) is 0 Å². The van der Waals surface area contributed by atoms with Crippen molar-refractivity contribution in [1.82, 2.24) is 5.32 Å². The van der Waals surface area contributed by atoms with Gasteiger partial charge < -0.3 is 9.73 Å². The molecule has 1 N–H and O–H groups in total.